The van der Waals surface area contributed by atoms with Crippen LogP contribution in [0.2, 0.25) is 0 Å². The molecule has 6 amide bonds. The maximum atomic E-state index is 13.2. The minimum Gasteiger partial charge on any atom is -0.480 e. The summed E-state index contributed by atoms with van der Waals surface area (Å²) in [5.74, 6) is -6.79. The van der Waals surface area contributed by atoms with Gasteiger partial charge in [0.1, 0.15) is 24.2 Å². The van der Waals surface area contributed by atoms with E-state index in [1.54, 1.807) is 13.8 Å². The number of amides is 6. The topological polar surface area (TPSA) is 268 Å². The molecule has 2 rings (SSSR count). The van der Waals surface area contributed by atoms with E-state index in [1.165, 1.54) is 12.6 Å². The van der Waals surface area contributed by atoms with Crippen molar-refractivity contribution in [2.75, 3.05) is 32.4 Å². The second-order valence-electron chi connectivity index (χ2n) is 11.3. The molecule has 266 valence electrons. The Hall–Kier alpha value is -4.87. The zero-order valence-corrected chi connectivity index (χ0v) is 28.4. The van der Waals surface area contributed by atoms with Crippen LogP contribution in [0.5, 0.6) is 0 Å². The Morgan fingerprint density at radius 1 is 1.00 bits per heavy atom. The number of aliphatic carboxylic acids is 1. The summed E-state index contributed by atoms with van der Waals surface area (Å²) in [7, 11) is 1.36. The number of carboxylic acids is 1. The second-order valence-corrected chi connectivity index (χ2v) is 11.6. The van der Waals surface area contributed by atoms with Gasteiger partial charge in [0.2, 0.25) is 35.4 Å². The van der Waals surface area contributed by atoms with Crippen molar-refractivity contribution in [1.82, 2.24) is 31.5 Å². The Balaban J connectivity index is 0.00000145. The number of carboxylic acid groups (broad SMARTS) is 1. The Morgan fingerprint density at radius 2 is 1.60 bits per heavy atom. The molecule has 1 heterocycles. The lowest BCUT2D eigenvalue weighted by atomic mass is 10.0. The lowest BCUT2D eigenvalue weighted by molar-refractivity contribution is -0.142. The highest BCUT2D eigenvalue weighted by atomic mass is 32.1. The summed E-state index contributed by atoms with van der Waals surface area (Å²) >= 11 is 3.86. The molecule has 48 heavy (non-hydrogen) atoms. The van der Waals surface area contributed by atoms with E-state index in [0.29, 0.717) is 6.42 Å². The molecule has 4 atom stereocenters. The van der Waals surface area contributed by atoms with Crippen molar-refractivity contribution < 1.29 is 38.7 Å². The van der Waals surface area contributed by atoms with Gasteiger partial charge in [-0.1, -0.05) is 49.7 Å². The van der Waals surface area contributed by atoms with Crippen LogP contribution >= 0.6 is 12.6 Å². The second kappa shape index (κ2) is 21.1. The van der Waals surface area contributed by atoms with E-state index in [4.69, 9.17) is 16.6 Å². The number of guanidine groups is 1. The molecule has 0 aromatic heterocycles. The standard InChI is InChI=1S/C23H39N9O8S.C7H8/c1-11(2)18-21(38)31-12(5-4-6-26-23(24)25)19(36)27-8-16(34)29-13(20(37)28-9-17(35)32(18)3)7-15(33)30-14(10-41)22(39)40;1-7-5-3-2-4-6-7/h11-14,18,41H,4-10H2,1-3H3,(H,27,36)(H,28,37)(H,29,34)(H,30,33)(H,31,38)(H,39,40)(H4,24,25,26);2-6H,1H3/t12-,13-,14+,18?;/m0./s1. The van der Waals surface area contributed by atoms with Gasteiger partial charge >= 0.3 is 5.97 Å². The molecular formula is C30H47N9O8S. The zero-order chi connectivity index (χ0) is 36.4. The van der Waals surface area contributed by atoms with Crippen LogP contribution in [0.3, 0.4) is 0 Å². The first-order valence-corrected chi connectivity index (χ1v) is 15.8. The van der Waals surface area contributed by atoms with Gasteiger partial charge in [-0.15, -0.1) is 0 Å². The number of hydrogen-bond acceptors (Lipinski definition) is 9. The number of carbonyl (C=O) groups excluding carboxylic acids is 6. The molecule has 0 bridgehead atoms. The van der Waals surface area contributed by atoms with Gasteiger partial charge in [0.05, 0.1) is 19.5 Å². The van der Waals surface area contributed by atoms with Crippen LogP contribution in [0.4, 0.5) is 0 Å². The Morgan fingerprint density at radius 3 is 2.12 bits per heavy atom. The van der Waals surface area contributed by atoms with E-state index in [0.717, 1.165) is 4.90 Å². The molecule has 1 aromatic carbocycles. The molecular weight excluding hydrogens is 646 g/mol. The maximum absolute atomic E-state index is 13.2. The Labute approximate surface area is 284 Å². The summed E-state index contributed by atoms with van der Waals surface area (Å²) < 4.78 is 0. The smallest absolute Gasteiger partial charge is 0.327 e. The van der Waals surface area contributed by atoms with Gasteiger partial charge in [0, 0.05) is 19.3 Å². The number of carbonyl (C=O) groups is 7. The molecule has 0 radical (unpaired) electrons. The quantitative estimate of drug-likeness (QED) is 0.0544. The first kappa shape index (κ1) is 41.2. The fourth-order valence-electron chi connectivity index (χ4n) is 4.42. The van der Waals surface area contributed by atoms with Gasteiger partial charge in [-0.25, -0.2) is 4.79 Å². The third kappa shape index (κ3) is 15.1. The van der Waals surface area contributed by atoms with Crippen LogP contribution < -0.4 is 38.1 Å². The van der Waals surface area contributed by atoms with Gasteiger partial charge in [-0.2, -0.15) is 12.6 Å². The molecule has 18 heteroatoms. The highest BCUT2D eigenvalue weighted by Gasteiger charge is 2.34. The lowest BCUT2D eigenvalue weighted by Gasteiger charge is -2.31. The van der Waals surface area contributed by atoms with E-state index in [2.05, 4.69) is 63.3 Å². The predicted octanol–water partition coefficient (Wildman–Crippen LogP) is -2.38. The summed E-state index contributed by atoms with van der Waals surface area (Å²) in [5, 5.41) is 20.9. The van der Waals surface area contributed by atoms with Crippen molar-refractivity contribution in [3.05, 3.63) is 35.9 Å². The molecule has 0 saturated carbocycles. The number of rotatable bonds is 10. The average molecular weight is 694 g/mol. The first-order chi connectivity index (χ1) is 22.6. The Bertz CT molecular complexity index is 1310. The summed E-state index contributed by atoms with van der Waals surface area (Å²) in [6.45, 7) is 4.45. The van der Waals surface area contributed by atoms with Gasteiger partial charge in [-0.05, 0) is 25.7 Å². The Kier molecular flexibility index (Phi) is 18.1. The molecule has 17 nitrogen and oxygen atoms in total. The molecule has 1 aromatic rings. The first-order valence-electron chi connectivity index (χ1n) is 15.2. The number of aryl methyl sites for hydroxylation is 1. The number of nitrogens with one attached hydrogen (secondary N) is 5. The monoisotopic (exact) mass is 693 g/mol. The molecule has 1 unspecified atom stereocenters. The van der Waals surface area contributed by atoms with Crippen LogP contribution in [0.25, 0.3) is 0 Å². The normalized spacial score (nSPS) is 19.9. The van der Waals surface area contributed by atoms with Crippen molar-refractivity contribution in [2.45, 2.75) is 64.2 Å². The van der Waals surface area contributed by atoms with E-state index < -0.39 is 91.0 Å². The van der Waals surface area contributed by atoms with Crippen LogP contribution in [0.15, 0.2) is 35.3 Å². The third-order valence-corrected chi connectivity index (χ3v) is 7.29. The predicted molar refractivity (Wildman–Crippen MR) is 180 cm³/mol. The van der Waals surface area contributed by atoms with Crippen molar-refractivity contribution >= 4 is 60.0 Å². The van der Waals surface area contributed by atoms with Gasteiger partial charge in [-0.3, -0.25) is 33.8 Å². The van der Waals surface area contributed by atoms with E-state index in [9.17, 15) is 33.6 Å². The summed E-state index contributed by atoms with van der Waals surface area (Å²) in [5.41, 5.74) is 12.0. The van der Waals surface area contributed by atoms with E-state index in [-0.39, 0.29) is 24.7 Å². The van der Waals surface area contributed by atoms with Gasteiger partial charge < -0.3 is 48.1 Å². The number of thiol groups is 1. The minimum absolute atomic E-state index is 0.0944. The average Bonchev–Trinajstić information content (AvgIpc) is 3.02. The maximum Gasteiger partial charge on any atom is 0.327 e. The van der Waals surface area contributed by atoms with Crippen LogP contribution in [0.1, 0.15) is 38.7 Å². The number of nitrogens with two attached hydrogens (primary N) is 2. The minimum atomic E-state index is -1.52. The van der Waals surface area contributed by atoms with Crippen molar-refractivity contribution in [3.63, 3.8) is 0 Å². The highest BCUT2D eigenvalue weighted by molar-refractivity contribution is 7.80. The molecule has 1 aliphatic heterocycles. The molecule has 0 aliphatic carbocycles. The van der Waals surface area contributed by atoms with Crippen molar-refractivity contribution in [3.8, 4) is 0 Å². The largest absolute Gasteiger partial charge is 0.480 e. The van der Waals surface area contributed by atoms with Crippen LogP contribution in [-0.2, 0) is 33.6 Å². The van der Waals surface area contributed by atoms with E-state index in [1.807, 2.05) is 18.2 Å². The molecule has 1 saturated heterocycles. The number of nitrogens with zero attached hydrogens (tertiary/aromatic N) is 2. The number of likely N-dealkylation sites (N-methyl/N-ethyl adjacent to an activating group) is 1. The molecule has 1 aliphatic rings. The fraction of sp³-hybridized carbons (Fsp3) is 0.533. The van der Waals surface area contributed by atoms with Crippen LogP contribution in [-0.4, -0.2) is 114 Å². The van der Waals surface area contributed by atoms with Crippen molar-refractivity contribution in [2.24, 2.45) is 22.4 Å². The SMILES string of the molecule is CC(C)C1C(=O)N[C@@H](CCCN=C(N)N)C(=O)NCC(=O)N[C@@H](CC(=O)N[C@H](CS)C(=O)O)C(=O)NCC(=O)N1C.Cc1ccccc1. The number of benzene rings is 1. The highest BCUT2D eigenvalue weighted by Crippen LogP contribution is 2.12. The summed E-state index contributed by atoms with van der Waals surface area (Å²) in [4.78, 5) is 93.1. The van der Waals surface area contributed by atoms with Crippen LogP contribution in [0, 0.1) is 12.8 Å². The lowest BCUT2D eigenvalue weighted by Crippen LogP contribution is -2.57. The summed E-state index contributed by atoms with van der Waals surface area (Å²) in [6, 6.07) is 5.26. The third-order valence-electron chi connectivity index (χ3n) is 6.92. The van der Waals surface area contributed by atoms with E-state index >= 15 is 0 Å². The van der Waals surface area contributed by atoms with Crippen molar-refractivity contribution in [1.29, 1.82) is 0 Å². The van der Waals surface area contributed by atoms with Gasteiger partial charge in [0.15, 0.2) is 5.96 Å². The fourth-order valence-corrected chi connectivity index (χ4v) is 4.67. The molecule has 0 spiro atoms. The molecule has 10 N–H and O–H groups in total. The summed E-state index contributed by atoms with van der Waals surface area (Å²) in [6.07, 6.45) is -0.283. The number of aliphatic imine (C=N–C) groups is 1. The zero-order valence-electron chi connectivity index (χ0n) is 27.5. The number of hydrogen-bond donors (Lipinski definition) is 9. The molecule has 1 fully saturated rings. The van der Waals surface area contributed by atoms with Gasteiger partial charge in [0.25, 0.3) is 0 Å².